The molecule has 0 rings (SSSR count). The van der Waals surface area contributed by atoms with Gasteiger partial charge in [-0.2, -0.15) is 0 Å². The van der Waals surface area contributed by atoms with Gasteiger partial charge in [-0.05, 0) is 6.42 Å². The zero-order valence-corrected chi connectivity index (χ0v) is 3.77. The van der Waals surface area contributed by atoms with E-state index in [-0.39, 0.29) is 68.9 Å². The van der Waals surface area contributed by atoms with Crippen LogP contribution in [-0.4, -0.2) is 80.0 Å². The zero-order chi connectivity index (χ0) is 4.99. The van der Waals surface area contributed by atoms with Gasteiger partial charge in [0.25, 0.3) is 0 Å². The Bertz CT molecular complexity index is 53.7. The summed E-state index contributed by atoms with van der Waals surface area (Å²) in [4.78, 5) is 9.60. The molecular formula is C4H9CsO2. The van der Waals surface area contributed by atoms with Crippen molar-refractivity contribution in [1.82, 2.24) is 0 Å². The Morgan fingerprint density at radius 1 is 1.71 bits per heavy atom. The Morgan fingerprint density at radius 2 is 2.14 bits per heavy atom. The van der Waals surface area contributed by atoms with Gasteiger partial charge < -0.3 is 5.11 Å². The van der Waals surface area contributed by atoms with Crippen molar-refractivity contribution in [2.45, 2.75) is 19.8 Å². The van der Waals surface area contributed by atoms with Crippen LogP contribution in [0.15, 0.2) is 0 Å². The molecule has 1 N–H and O–H groups in total. The molecule has 0 aliphatic rings. The first kappa shape index (κ1) is 11.3. The summed E-state index contributed by atoms with van der Waals surface area (Å²) < 4.78 is 0. The van der Waals surface area contributed by atoms with Crippen LogP contribution in [0.5, 0.6) is 0 Å². The van der Waals surface area contributed by atoms with Crippen LogP contribution in [0.1, 0.15) is 19.8 Å². The summed E-state index contributed by atoms with van der Waals surface area (Å²) in [6, 6.07) is 0. The fraction of sp³-hybridized carbons (Fsp3) is 0.750. The quantitative estimate of drug-likeness (QED) is 0.725. The van der Waals surface area contributed by atoms with Crippen LogP contribution >= 0.6 is 0 Å². The van der Waals surface area contributed by atoms with Crippen molar-refractivity contribution >= 4 is 74.9 Å². The van der Waals surface area contributed by atoms with Crippen LogP contribution in [0.25, 0.3) is 0 Å². The van der Waals surface area contributed by atoms with Gasteiger partial charge in [0.05, 0.1) is 0 Å². The molecule has 0 heterocycles. The third kappa shape index (κ3) is 11.2. The minimum atomic E-state index is -0.711. The number of carboxylic acid groups (broad SMARTS) is 1. The number of hydrogen-bond donors (Lipinski definition) is 1. The molecule has 0 bridgehead atoms. The molecule has 0 aromatic heterocycles. The summed E-state index contributed by atoms with van der Waals surface area (Å²) in [6.45, 7) is 1.84. The van der Waals surface area contributed by atoms with E-state index in [9.17, 15) is 4.79 Å². The SMILES string of the molecule is CCCC(=O)O.[CsH]. The first-order valence-electron chi connectivity index (χ1n) is 1.99. The van der Waals surface area contributed by atoms with Gasteiger partial charge in [-0.25, -0.2) is 0 Å². The monoisotopic (exact) mass is 222 g/mol. The molecule has 3 heteroatoms. The summed E-state index contributed by atoms with van der Waals surface area (Å²) in [5.74, 6) is -0.711. The number of rotatable bonds is 2. The number of aliphatic carboxylic acids is 1. The Kier molecular flexibility index (Phi) is 12.2. The first-order valence-corrected chi connectivity index (χ1v) is 1.99. The van der Waals surface area contributed by atoms with Crippen LogP contribution in [0, 0.1) is 0 Å². The second-order valence-corrected chi connectivity index (χ2v) is 1.14. The number of carboxylic acids is 1. The summed E-state index contributed by atoms with van der Waals surface area (Å²) in [7, 11) is 0. The Hall–Kier alpha value is 1.52. The van der Waals surface area contributed by atoms with E-state index in [1.807, 2.05) is 6.92 Å². The Balaban J connectivity index is 0. The zero-order valence-electron chi connectivity index (χ0n) is 3.77. The van der Waals surface area contributed by atoms with Crippen LogP contribution in [0.2, 0.25) is 0 Å². The van der Waals surface area contributed by atoms with Gasteiger partial charge >= 0.3 is 74.9 Å². The van der Waals surface area contributed by atoms with Crippen molar-refractivity contribution in [3.63, 3.8) is 0 Å². The van der Waals surface area contributed by atoms with Crippen molar-refractivity contribution in [3.05, 3.63) is 0 Å². The van der Waals surface area contributed by atoms with Gasteiger partial charge in [0.15, 0.2) is 0 Å². The van der Waals surface area contributed by atoms with E-state index in [1.54, 1.807) is 0 Å². The predicted molar refractivity (Wildman–Crippen MR) is 29.7 cm³/mol. The fourth-order valence-corrected chi connectivity index (χ4v) is 0.214. The Labute approximate surface area is 102 Å². The molecule has 0 radical (unpaired) electrons. The molecule has 0 spiro atoms. The summed E-state index contributed by atoms with van der Waals surface area (Å²) in [6.07, 6.45) is 1.02. The van der Waals surface area contributed by atoms with Crippen LogP contribution in [0.3, 0.4) is 0 Å². The van der Waals surface area contributed by atoms with Gasteiger partial charge in [0.2, 0.25) is 0 Å². The van der Waals surface area contributed by atoms with Crippen LogP contribution < -0.4 is 0 Å². The average Bonchev–Trinajstić information content (AvgIpc) is 1.35. The molecular weight excluding hydrogens is 213 g/mol. The summed E-state index contributed by atoms with van der Waals surface area (Å²) in [5, 5.41) is 7.91. The average molecular weight is 222 g/mol. The van der Waals surface area contributed by atoms with E-state index in [2.05, 4.69) is 0 Å². The van der Waals surface area contributed by atoms with E-state index in [1.165, 1.54) is 0 Å². The molecule has 0 atom stereocenters. The molecule has 38 valence electrons. The van der Waals surface area contributed by atoms with Gasteiger partial charge in [-0.15, -0.1) is 0 Å². The standard InChI is InChI=1S/C4H8O2.Cs.H/c1-2-3-4(5)6;;/h2-3H2,1H3,(H,5,6);;. The molecule has 0 fully saturated rings. The third-order valence-corrected chi connectivity index (χ3v) is 0.464. The molecule has 0 aliphatic heterocycles. The van der Waals surface area contributed by atoms with E-state index in [0.29, 0.717) is 6.42 Å². The fourth-order valence-electron chi connectivity index (χ4n) is 0.214. The van der Waals surface area contributed by atoms with Crippen molar-refractivity contribution in [1.29, 1.82) is 0 Å². The predicted octanol–water partition coefficient (Wildman–Crippen LogP) is 0.223. The minimum absolute atomic E-state index is 0. The van der Waals surface area contributed by atoms with Crippen molar-refractivity contribution < 1.29 is 9.90 Å². The molecule has 0 unspecified atom stereocenters. The van der Waals surface area contributed by atoms with Gasteiger partial charge in [-0.3, -0.25) is 4.79 Å². The molecule has 0 saturated heterocycles. The number of hydrogen-bond acceptors (Lipinski definition) is 1. The summed E-state index contributed by atoms with van der Waals surface area (Å²) >= 11 is 0. The van der Waals surface area contributed by atoms with Crippen molar-refractivity contribution in [3.8, 4) is 0 Å². The van der Waals surface area contributed by atoms with Gasteiger partial charge in [0.1, 0.15) is 0 Å². The molecule has 0 amide bonds. The topological polar surface area (TPSA) is 37.3 Å². The second-order valence-electron chi connectivity index (χ2n) is 1.14. The van der Waals surface area contributed by atoms with Crippen LogP contribution in [0.4, 0.5) is 0 Å². The number of carbonyl (C=O) groups is 1. The van der Waals surface area contributed by atoms with Crippen LogP contribution in [-0.2, 0) is 4.79 Å². The molecule has 0 aliphatic carbocycles. The van der Waals surface area contributed by atoms with Gasteiger partial charge in [0, 0.05) is 6.42 Å². The molecule has 0 aromatic rings. The summed E-state index contributed by atoms with van der Waals surface area (Å²) in [5.41, 5.74) is 0. The van der Waals surface area contributed by atoms with Crippen molar-refractivity contribution in [2.24, 2.45) is 0 Å². The maximum absolute atomic E-state index is 9.60. The van der Waals surface area contributed by atoms with E-state index in [0.717, 1.165) is 6.42 Å². The third-order valence-electron chi connectivity index (χ3n) is 0.464. The maximum atomic E-state index is 9.60. The Morgan fingerprint density at radius 3 is 2.14 bits per heavy atom. The molecule has 0 saturated carbocycles. The molecule has 7 heavy (non-hydrogen) atoms. The van der Waals surface area contributed by atoms with E-state index in [4.69, 9.17) is 5.11 Å². The molecule has 0 aromatic carbocycles. The van der Waals surface area contributed by atoms with Gasteiger partial charge in [-0.1, -0.05) is 6.92 Å². The van der Waals surface area contributed by atoms with Crippen molar-refractivity contribution in [2.75, 3.05) is 0 Å². The molecule has 2 nitrogen and oxygen atoms in total. The van der Waals surface area contributed by atoms with E-state index >= 15 is 0 Å². The van der Waals surface area contributed by atoms with E-state index < -0.39 is 5.97 Å². The first-order chi connectivity index (χ1) is 2.77. The second kappa shape index (κ2) is 7.52. The normalized spacial score (nSPS) is 7.00.